The molecule has 0 spiro atoms. The summed E-state index contributed by atoms with van der Waals surface area (Å²) in [5, 5.41) is 5.08. The fourth-order valence-corrected chi connectivity index (χ4v) is 9.65. The minimum absolute atomic E-state index is 0.262. The molecule has 11 rings (SSSR count). The molecule has 0 N–H and O–H groups in total. The first-order valence-corrected chi connectivity index (χ1v) is 17.9. The molecule has 3 unspecified atom stereocenters. The summed E-state index contributed by atoms with van der Waals surface area (Å²) in [5.41, 5.74) is 12.3. The summed E-state index contributed by atoms with van der Waals surface area (Å²) in [6.45, 7) is 0. The standard InChI is InChI=1S/C49H34N2/c1-4-16-33(17-5-1)49(43-25-13-10-22-37(43)38-23-11-14-26-44(38)49)34-28-29-46-40(30-34)42-31-41-39-24-12-15-27-45(39)50(35-18-6-2-7-19-35)47(41)32-48(42)51(46)36-20-8-3-9-21-36/h1-32,37,43H. The number of rotatable bonds is 4. The number of hydrogen-bond acceptors (Lipinski definition) is 0. The Labute approximate surface area is 296 Å². The lowest BCUT2D eigenvalue weighted by atomic mass is 9.63. The summed E-state index contributed by atoms with van der Waals surface area (Å²) in [4.78, 5) is 0. The number of para-hydroxylation sites is 3. The van der Waals surface area contributed by atoms with Crippen LogP contribution in [0.15, 0.2) is 194 Å². The van der Waals surface area contributed by atoms with Crippen molar-refractivity contribution in [2.24, 2.45) is 5.92 Å². The number of hydrogen-bond donors (Lipinski definition) is 0. The lowest BCUT2D eigenvalue weighted by Gasteiger charge is -2.39. The zero-order chi connectivity index (χ0) is 33.5. The Morgan fingerprint density at radius 2 is 0.961 bits per heavy atom. The van der Waals surface area contributed by atoms with Crippen molar-refractivity contribution in [1.29, 1.82) is 0 Å². The number of benzene rings is 7. The quantitative estimate of drug-likeness (QED) is 0.179. The summed E-state index contributed by atoms with van der Waals surface area (Å²) >= 11 is 0. The maximum Gasteiger partial charge on any atom is 0.0562 e. The molecule has 2 aliphatic rings. The fourth-order valence-electron chi connectivity index (χ4n) is 9.65. The van der Waals surface area contributed by atoms with Gasteiger partial charge in [0, 0.05) is 44.8 Å². The topological polar surface area (TPSA) is 9.86 Å². The molecule has 3 atom stereocenters. The average molecular weight is 651 g/mol. The Morgan fingerprint density at radius 3 is 1.71 bits per heavy atom. The third-order valence-electron chi connectivity index (χ3n) is 11.7. The van der Waals surface area contributed by atoms with Crippen LogP contribution in [0.2, 0.25) is 0 Å². The molecule has 2 heterocycles. The molecule has 2 nitrogen and oxygen atoms in total. The highest BCUT2D eigenvalue weighted by Gasteiger charge is 2.52. The molecule has 9 aromatic rings. The van der Waals surface area contributed by atoms with Gasteiger partial charge in [-0.2, -0.15) is 0 Å². The van der Waals surface area contributed by atoms with E-state index in [9.17, 15) is 0 Å². The van der Waals surface area contributed by atoms with Crippen LogP contribution in [-0.2, 0) is 5.41 Å². The number of aromatic nitrogens is 2. The van der Waals surface area contributed by atoms with Crippen molar-refractivity contribution in [3.8, 4) is 11.4 Å². The van der Waals surface area contributed by atoms with Crippen molar-refractivity contribution >= 4 is 43.6 Å². The third kappa shape index (κ3) is 3.88. The van der Waals surface area contributed by atoms with Crippen LogP contribution in [0.1, 0.15) is 28.2 Å². The number of fused-ring (bicyclic) bond motifs is 9. The lowest BCUT2D eigenvalue weighted by molar-refractivity contribution is 0.457. The monoisotopic (exact) mass is 650 g/mol. The summed E-state index contributed by atoms with van der Waals surface area (Å²) < 4.78 is 4.89. The molecule has 0 saturated heterocycles. The van der Waals surface area contributed by atoms with Crippen molar-refractivity contribution in [3.05, 3.63) is 216 Å². The Kier molecular flexibility index (Phi) is 6.03. The lowest BCUT2D eigenvalue weighted by Crippen LogP contribution is -2.35. The van der Waals surface area contributed by atoms with E-state index >= 15 is 0 Å². The van der Waals surface area contributed by atoms with Crippen molar-refractivity contribution < 1.29 is 0 Å². The van der Waals surface area contributed by atoms with Crippen molar-refractivity contribution in [1.82, 2.24) is 9.13 Å². The van der Waals surface area contributed by atoms with Gasteiger partial charge < -0.3 is 9.13 Å². The second kappa shape index (κ2) is 10.8. The predicted octanol–water partition coefficient (Wildman–Crippen LogP) is 12.1. The maximum absolute atomic E-state index is 2.53. The maximum atomic E-state index is 2.53. The molecule has 2 heteroatoms. The fraction of sp³-hybridized carbons (Fsp3) is 0.0612. The molecule has 240 valence electrons. The molecule has 0 aliphatic heterocycles. The van der Waals surface area contributed by atoms with E-state index in [0.29, 0.717) is 5.92 Å². The van der Waals surface area contributed by atoms with Gasteiger partial charge in [0.05, 0.1) is 27.5 Å². The van der Waals surface area contributed by atoms with Crippen LogP contribution in [-0.4, -0.2) is 9.13 Å². The van der Waals surface area contributed by atoms with E-state index in [2.05, 4.69) is 203 Å². The molecule has 7 aromatic carbocycles. The van der Waals surface area contributed by atoms with Crippen molar-refractivity contribution in [2.45, 2.75) is 11.3 Å². The molecule has 0 bridgehead atoms. The molecule has 0 radical (unpaired) electrons. The minimum atomic E-state index is -0.341. The highest BCUT2D eigenvalue weighted by molar-refractivity contribution is 6.19. The molecule has 0 fully saturated rings. The van der Waals surface area contributed by atoms with E-state index in [4.69, 9.17) is 0 Å². The summed E-state index contributed by atoms with van der Waals surface area (Å²) in [6.07, 6.45) is 9.35. The van der Waals surface area contributed by atoms with Crippen molar-refractivity contribution in [2.75, 3.05) is 0 Å². The Balaban J connectivity index is 1.28. The van der Waals surface area contributed by atoms with E-state index in [1.54, 1.807) is 0 Å². The molecule has 2 aromatic heterocycles. The van der Waals surface area contributed by atoms with Gasteiger partial charge >= 0.3 is 0 Å². The minimum Gasteiger partial charge on any atom is -0.309 e. The Hall–Kier alpha value is -6.38. The van der Waals surface area contributed by atoms with Gasteiger partial charge in [-0.25, -0.2) is 0 Å². The second-order valence-corrected chi connectivity index (χ2v) is 14.1. The van der Waals surface area contributed by atoms with Gasteiger partial charge in [0.1, 0.15) is 0 Å². The van der Waals surface area contributed by atoms with E-state index in [0.717, 1.165) is 5.69 Å². The molecule has 51 heavy (non-hydrogen) atoms. The summed E-state index contributed by atoms with van der Waals surface area (Å²) in [6, 6.07) is 63.0. The molecule has 2 aliphatic carbocycles. The predicted molar refractivity (Wildman–Crippen MR) is 212 cm³/mol. The van der Waals surface area contributed by atoms with Crippen LogP contribution in [0.25, 0.3) is 55.0 Å². The van der Waals surface area contributed by atoms with Crippen LogP contribution < -0.4 is 0 Å². The Bertz CT molecular complexity index is 2850. The largest absolute Gasteiger partial charge is 0.309 e. The first kappa shape index (κ1) is 28.5. The van der Waals surface area contributed by atoms with E-state index in [1.807, 2.05) is 0 Å². The van der Waals surface area contributed by atoms with Crippen LogP contribution in [0.3, 0.4) is 0 Å². The molecule has 0 amide bonds. The van der Waals surface area contributed by atoms with Crippen LogP contribution in [0.5, 0.6) is 0 Å². The van der Waals surface area contributed by atoms with Crippen LogP contribution in [0, 0.1) is 5.92 Å². The average Bonchev–Trinajstić information content (AvgIpc) is 3.81. The molecular formula is C49H34N2. The Morgan fingerprint density at radius 1 is 0.392 bits per heavy atom. The second-order valence-electron chi connectivity index (χ2n) is 14.1. The van der Waals surface area contributed by atoms with E-state index < -0.39 is 0 Å². The van der Waals surface area contributed by atoms with Gasteiger partial charge in [0.15, 0.2) is 0 Å². The van der Waals surface area contributed by atoms with Gasteiger partial charge in [-0.1, -0.05) is 140 Å². The smallest absolute Gasteiger partial charge is 0.0562 e. The van der Waals surface area contributed by atoms with Gasteiger partial charge in [-0.15, -0.1) is 0 Å². The van der Waals surface area contributed by atoms with Gasteiger partial charge in [0.2, 0.25) is 0 Å². The summed E-state index contributed by atoms with van der Waals surface area (Å²) in [5.74, 6) is 0.578. The van der Waals surface area contributed by atoms with Gasteiger partial charge in [0.25, 0.3) is 0 Å². The first-order chi connectivity index (χ1) is 25.3. The van der Waals surface area contributed by atoms with Crippen LogP contribution in [0.4, 0.5) is 0 Å². The first-order valence-electron chi connectivity index (χ1n) is 17.9. The van der Waals surface area contributed by atoms with E-state index in [1.165, 1.54) is 71.6 Å². The number of allylic oxidation sites excluding steroid dienone is 4. The molecular weight excluding hydrogens is 617 g/mol. The SMILES string of the molecule is C1=CC2c3ccccc3C(c3ccccc3)(c3ccc4c(c3)c3cc5c6ccccc6n(-c6ccccc6)c5cc3n4-c3ccccc3)C2C=C1. The number of nitrogens with zero attached hydrogens (tertiary/aromatic N) is 2. The zero-order valence-electron chi connectivity index (χ0n) is 28.0. The highest BCUT2D eigenvalue weighted by atomic mass is 15.0. The third-order valence-corrected chi connectivity index (χ3v) is 11.7. The zero-order valence-corrected chi connectivity index (χ0v) is 28.0. The molecule has 0 saturated carbocycles. The van der Waals surface area contributed by atoms with Crippen molar-refractivity contribution in [3.63, 3.8) is 0 Å². The normalized spacial score (nSPS) is 19.3. The van der Waals surface area contributed by atoms with Gasteiger partial charge in [-0.05, 0) is 76.9 Å². The highest BCUT2D eigenvalue weighted by Crippen LogP contribution is 2.59. The summed E-state index contributed by atoms with van der Waals surface area (Å²) in [7, 11) is 0. The van der Waals surface area contributed by atoms with Crippen LogP contribution >= 0.6 is 0 Å². The van der Waals surface area contributed by atoms with Gasteiger partial charge in [-0.3, -0.25) is 0 Å². The van der Waals surface area contributed by atoms with E-state index in [-0.39, 0.29) is 11.3 Å².